The van der Waals surface area contributed by atoms with E-state index in [2.05, 4.69) is 21.1 Å². The zero-order valence-electron chi connectivity index (χ0n) is 22.4. The van der Waals surface area contributed by atoms with Gasteiger partial charge in [-0.1, -0.05) is 6.08 Å². The van der Waals surface area contributed by atoms with Crippen molar-refractivity contribution in [3.63, 3.8) is 0 Å². The summed E-state index contributed by atoms with van der Waals surface area (Å²) >= 11 is 1.56. The molecule has 42 heavy (non-hydrogen) atoms. The quantitative estimate of drug-likeness (QED) is 0.344. The Morgan fingerprint density at radius 3 is 2.48 bits per heavy atom. The number of allylic oxidation sites excluding steroid dienone is 1. The van der Waals surface area contributed by atoms with Crippen LogP contribution in [0.4, 0.5) is 27.8 Å². The number of fused-ring (bicyclic) bond motifs is 3. The number of benzene rings is 1. The molecule has 1 saturated heterocycles. The van der Waals surface area contributed by atoms with Crippen molar-refractivity contribution in [2.75, 3.05) is 31.1 Å². The number of pyridine rings is 1. The van der Waals surface area contributed by atoms with Gasteiger partial charge in [0.05, 0.1) is 24.1 Å². The fourth-order valence-corrected chi connectivity index (χ4v) is 8.37. The predicted molar refractivity (Wildman–Crippen MR) is 146 cm³/mol. The van der Waals surface area contributed by atoms with Crippen LogP contribution in [-0.2, 0) is 0 Å². The summed E-state index contributed by atoms with van der Waals surface area (Å²) in [4.78, 5) is 14.3. The Bertz CT molecular complexity index is 1580. The fourth-order valence-electron chi connectivity index (χ4n) is 6.92. The highest BCUT2D eigenvalue weighted by Gasteiger charge is 2.66. The first kappa shape index (κ1) is 26.4. The van der Waals surface area contributed by atoms with Crippen molar-refractivity contribution in [1.82, 2.24) is 24.6 Å². The molecule has 8 rings (SSSR count). The molecule has 3 aromatic rings. The van der Waals surface area contributed by atoms with Gasteiger partial charge in [0.15, 0.2) is 11.6 Å². The molecular formula is C29H27F5N6OS. The first-order chi connectivity index (χ1) is 20.1. The van der Waals surface area contributed by atoms with E-state index in [1.807, 2.05) is 12.1 Å². The Labute approximate surface area is 242 Å². The zero-order valence-corrected chi connectivity index (χ0v) is 23.3. The van der Waals surface area contributed by atoms with Crippen LogP contribution in [0.2, 0.25) is 0 Å². The fraction of sp³-hybridized carbons (Fsp3) is 0.483. The van der Waals surface area contributed by atoms with E-state index in [-0.39, 0.29) is 16.9 Å². The topological polar surface area (TPSA) is 59.3 Å². The number of anilines is 1. The second-order valence-electron chi connectivity index (χ2n) is 12.0. The number of aromatic nitrogens is 4. The lowest BCUT2D eigenvalue weighted by Crippen LogP contribution is -2.64. The third-order valence-corrected chi connectivity index (χ3v) is 10.6. The van der Waals surface area contributed by atoms with E-state index in [1.165, 1.54) is 23.1 Å². The summed E-state index contributed by atoms with van der Waals surface area (Å²) in [6, 6.07) is 7.19. The third-order valence-electron chi connectivity index (χ3n) is 9.20. The van der Waals surface area contributed by atoms with Crippen LogP contribution in [0.1, 0.15) is 48.9 Å². The number of halogens is 5. The largest absolute Gasteiger partial charge is 0.492 e. The molecule has 0 N–H and O–H groups in total. The Kier molecular flexibility index (Phi) is 5.76. The number of piperazine rings is 1. The van der Waals surface area contributed by atoms with E-state index in [0.717, 1.165) is 54.6 Å². The molecule has 5 heterocycles. The molecule has 2 saturated carbocycles. The molecule has 0 radical (unpaired) electrons. The van der Waals surface area contributed by atoms with E-state index >= 15 is 0 Å². The minimum atomic E-state index is -4.22. The normalized spacial score (nSPS) is 25.5. The lowest BCUT2D eigenvalue weighted by Gasteiger charge is -2.49. The number of hydrogen-bond donors (Lipinski definition) is 0. The lowest BCUT2D eigenvalue weighted by molar-refractivity contribution is -0.163. The van der Waals surface area contributed by atoms with Crippen LogP contribution in [0.25, 0.3) is 10.6 Å². The maximum atomic E-state index is 14.6. The molecule has 3 aliphatic heterocycles. The van der Waals surface area contributed by atoms with E-state index in [9.17, 15) is 22.0 Å². The monoisotopic (exact) mass is 602 g/mol. The van der Waals surface area contributed by atoms with Gasteiger partial charge in [-0.25, -0.2) is 23.4 Å². The molecular weight excluding hydrogens is 575 g/mol. The summed E-state index contributed by atoms with van der Waals surface area (Å²) in [7, 11) is 0. The van der Waals surface area contributed by atoms with Gasteiger partial charge in [-0.2, -0.15) is 18.3 Å². The second kappa shape index (κ2) is 9.15. The third kappa shape index (κ3) is 4.38. The van der Waals surface area contributed by atoms with Crippen LogP contribution in [-0.4, -0.2) is 68.1 Å². The smallest absolute Gasteiger partial charge is 0.401 e. The van der Waals surface area contributed by atoms with Crippen LogP contribution in [0.15, 0.2) is 42.7 Å². The summed E-state index contributed by atoms with van der Waals surface area (Å²) in [5.41, 5.74) is -0.00479. The molecule has 2 unspecified atom stereocenters. The molecule has 220 valence electrons. The second-order valence-corrected chi connectivity index (χ2v) is 13.2. The minimum Gasteiger partial charge on any atom is -0.492 e. The Hall–Kier alpha value is -3.19. The van der Waals surface area contributed by atoms with Gasteiger partial charge >= 0.3 is 6.18 Å². The summed E-state index contributed by atoms with van der Waals surface area (Å²) < 4.78 is 76.2. The average Bonchev–Trinajstić information content (AvgIpc) is 3.80. The molecule has 5 aliphatic rings. The van der Waals surface area contributed by atoms with Crippen molar-refractivity contribution in [3.8, 4) is 11.4 Å². The number of hydrogen-bond acceptors (Lipinski definition) is 7. The Balaban J connectivity index is 1.09. The van der Waals surface area contributed by atoms with Crippen LogP contribution in [0.3, 0.4) is 0 Å². The molecule has 2 spiro atoms. The van der Waals surface area contributed by atoms with Gasteiger partial charge in [0, 0.05) is 35.1 Å². The van der Waals surface area contributed by atoms with Gasteiger partial charge in [0.1, 0.15) is 29.4 Å². The number of alkyl halides is 3. The molecule has 13 heteroatoms. The molecule has 0 bridgehead atoms. The van der Waals surface area contributed by atoms with E-state index in [1.54, 1.807) is 16.7 Å². The van der Waals surface area contributed by atoms with Gasteiger partial charge in [-0.15, -0.1) is 11.8 Å². The highest BCUT2D eigenvalue weighted by molar-refractivity contribution is 8.08. The molecule has 2 atom stereocenters. The first-order valence-electron chi connectivity index (χ1n) is 14.1. The summed E-state index contributed by atoms with van der Waals surface area (Å²) in [6.45, 7) is 0.692. The molecule has 7 nitrogen and oxygen atoms in total. The van der Waals surface area contributed by atoms with Crippen molar-refractivity contribution in [3.05, 3.63) is 65.9 Å². The maximum absolute atomic E-state index is 14.6. The Morgan fingerprint density at radius 2 is 1.79 bits per heavy atom. The molecule has 1 aromatic carbocycles. The number of ether oxygens (including phenoxy) is 1. The van der Waals surface area contributed by atoms with Crippen LogP contribution in [0.5, 0.6) is 5.75 Å². The van der Waals surface area contributed by atoms with Crippen LogP contribution >= 0.6 is 11.8 Å². The van der Waals surface area contributed by atoms with Crippen molar-refractivity contribution >= 4 is 22.5 Å². The number of rotatable bonds is 4. The maximum Gasteiger partial charge on any atom is 0.401 e. The van der Waals surface area contributed by atoms with E-state index < -0.39 is 35.4 Å². The number of thioether (sulfide) groups is 1. The molecule has 2 aliphatic carbocycles. The summed E-state index contributed by atoms with van der Waals surface area (Å²) in [5.74, 6) is 0.580. The van der Waals surface area contributed by atoms with Gasteiger partial charge < -0.3 is 9.64 Å². The SMILES string of the molecule is Fc1ccc(-n2ncnc2C2=CC3CCOc4ccc(N5CC6(CC6)N(CC(F)(F)F)C6(CC6)C5)nc4C3S2)c(F)c1. The van der Waals surface area contributed by atoms with Crippen molar-refractivity contribution in [2.24, 2.45) is 5.92 Å². The first-order valence-corrected chi connectivity index (χ1v) is 15.0. The Morgan fingerprint density at radius 1 is 1.02 bits per heavy atom. The van der Waals surface area contributed by atoms with Crippen molar-refractivity contribution in [1.29, 1.82) is 0 Å². The molecule has 2 aromatic heterocycles. The van der Waals surface area contributed by atoms with Crippen molar-refractivity contribution in [2.45, 2.75) is 54.6 Å². The van der Waals surface area contributed by atoms with Gasteiger partial charge in [-0.05, 0) is 62.3 Å². The summed E-state index contributed by atoms with van der Waals surface area (Å²) in [5, 5.41) is 4.13. The molecule has 3 fully saturated rings. The highest BCUT2D eigenvalue weighted by Crippen LogP contribution is 2.59. The molecule has 0 amide bonds. The van der Waals surface area contributed by atoms with Crippen LogP contribution in [0, 0.1) is 17.6 Å². The van der Waals surface area contributed by atoms with E-state index in [0.29, 0.717) is 31.3 Å². The lowest BCUT2D eigenvalue weighted by atomic mass is 9.98. The standard InChI is InChI=1S/C29H27F5N6OS/c30-18-1-2-20(19(31)12-18)40-26(35-16-36-40)22-11-17-5-10-41-21-3-4-23(37-24(21)25(17)42-22)38-13-27(6-7-27)39(15-29(32,33)34)28(14-38)8-9-28/h1-4,11-12,16-17,25H,5-10,13-15H2. The van der Waals surface area contributed by atoms with Crippen LogP contribution < -0.4 is 9.64 Å². The van der Waals surface area contributed by atoms with Gasteiger partial charge in [-0.3, -0.25) is 4.90 Å². The van der Waals surface area contributed by atoms with Gasteiger partial charge in [0.2, 0.25) is 0 Å². The predicted octanol–water partition coefficient (Wildman–Crippen LogP) is 5.92. The van der Waals surface area contributed by atoms with E-state index in [4.69, 9.17) is 9.72 Å². The summed E-state index contributed by atoms with van der Waals surface area (Å²) in [6.07, 6.45) is 3.01. The zero-order chi connectivity index (χ0) is 28.9. The van der Waals surface area contributed by atoms with Gasteiger partial charge in [0.25, 0.3) is 0 Å². The average molecular weight is 603 g/mol. The minimum absolute atomic E-state index is 0.0744. The number of nitrogens with zero attached hydrogens (tertiary/aromatic N) is 6. The van der Waals surface area contributed by atoms with Crippen molar-refractivity contribution < 1.29 is 26.7 Å². The highest BCUT2D eigenvalue weighted by atomic mass is 32.2.